The lowest BCUT2D eigenvalue weighted by molar-refractivity contribution is -0.128. The second-order valence-electron chi connectivity index (χ2n) is 14.2. The summed E-state index contributed by atoms with van der Waals surface area (Å²) in [5, 5.41) is 24.8. The van der Waals surface area contributed by atoms with Crippen LogP contribution < -0.4 is 21.3 Å². The van der Waals surface area contributed by atoms with Crippen molar-refractivity contribution >= 4 is 5.91 Å². The van der Waals surface area contributed by atoms with Gasteiger partial charge >= 0.3 is 0 Å². The highest BCUT2D eigenvalue weighted by Gasteiger charge is 2.41. The Morgan fingerprint density at radius 3 is 2.74 bits per heavy atom. The zero-order valence-corrected chi connectivity index (χ0v) is 27.1. The van der Waals surface area contributed by atoms with Crippen LogP contribution in [0.15, 0.2) is 0 Å². The number of hydrogen-bond donors (Lipinski definition) is 5. The molecule has 11 nitrogen and oxygen atoms in total. The summed E-state index contributed by atoms with van der Waals surface area (Å²) in [4.78, 5) is 18.0. The minimum Gasteiger partial charge on any atom is -0.390 e. The number of hydrogen-bond acceptors (Lipinski definition) is 10. The van der Waals surface area contributed by atoms with Crippen LogP contribution in [0.3, 0.4) is 0 Å². The molecule has 0 aromatic rings. The predicted molar refractivity (Wildman–Crippen MR) is 166 cm³/mol. The Morgan fingerprint density at radius 2 is 2.02 bits per heavy atom. The van der Waals surface area contributed by atoms with Gasteiger partial charge in [-0.05, 0) is 83.2 Å². The number of rotatable bonds is 14. The number of likely N-dealkylation sites (tertiary alicyclic amines) is 1. The number of carbonyl (C=O) groups excluding carboxylic acids is 1. The Kier molecular flexibility index (Phi) is 12.5. The Morgan fingerprint density at radius 1 is 1.19 bits per heavy atom. The van der Waals surface area contributed by atoms with Gasteiger partial charge in [-0.3, -0.25) is 25.6 Å². The van der Waals surface area contributed by atoms with Crippen LogP contribution in [0.25, 0.3) is 0 Å². The second kappa shape index (κ2) is 16.1. The van der Waals surface area contributed by atoms with Gasteiger partial charge in [0.15, 0.2) is 0 Å². The van der Waals surface area contributed by atoms with Crippen molar-refractivity contribution in [1.82, 2.24) is 31.1 Å². The number of aliphatic hydroxyl groups is 1. The molecule has 5 rings (SSSR count). The van der Waals surface area contributed by atoms with Gasteiger partial charge in [-0.15, -0.1) is 0 Å². The first-order chi connectivity index (χ1) is 20.8. The number of nitrogens with one attached hydrogen (secondary N) is 4. The second-order valence-corrected chi connectivity index (χ2v) is 14.2. The van der Waals surface area contributed by atoms with E-state index in [1.54, 1.807) is 7.11 Å². The zero-order chi connectivity index (χ0) is 30.3. The molecule has 0 aromatic carbocycles. The number of nitrogens with zero attached hydrogens (tertiary/aromatic N) is 2. The first-order valence-electron chi connectivity index (χ1n) is 17.2. The quantitative estimate of drug-likeness (QED) is 0.195. The van der Waals surface area contributed by atoms with E-state index in [1.807, 2.05) is 0 Å². The molecule has 43 heavy (non-hydrogen) atoms. The van der Waals surface area contributed by atoms with Crippen molar-refractivity contribution in [2.24, 2.45) is 23.7 Å². The monoisotopic (exact) mass is 608 g/mol. The molecule has 1 amide bonds. The fourth-order valence-electron chi connectivity index (χ4n) is 8.05. The Balaban J connectivity index is 1.04. The molecule has 0 radical (unpaired) electrons. The van der Waals surface area contributed by atoms with E-state index in [9.17, 15) is 9.90 Å². The van der Waals surface area contributed by atoms with Gasteiger partial charge in [-0.2, -0.15) is 0 Å². The average Bonchev–Trinajstić information content (AvgIpc) is 3.40. The van der Waals surface area contributed by atoms with Crippen LogP contribution in [0.1, 0.15) is 65.2 Å². The number of aliphatic hydroxyl groups excluding tert-OH is 1. The minimum atomic E-state index is -0.564. The molecular weight excluding hydrogens is 548 g/mol. The molecule has 3 aliphatic heterocycles. The molecule has 2 saturated carbocycles. The van der Waals surface area contributed by atoms with Crippen molar-refractivity contribution in [2.75, 3.05) is 66.8 Å². The first kappa shape index (κ1) is 33.5. The zero-order valence-electron chi connectivity index (χ0n) is 27.1. The van der Waals surface area contributed by atoms with Crippen LogP contribution in [-0.2, 0) is 19.0 Å². The lowest BCUT2D eigenvalue weighted by atomic mass is 9.68. The molecule has 3 saturated heterocycles. The molecule has 3 heterocycles. The van der Waals surface area contributed by atoms with Crippen molar-refractivity contribution in [1.29, 1.82) is 0 Å². The molecule has 5 fully saturated rings. The van der Waals surface area contributed by atoms with Gasteiger partial charge in [-0.25, -0.2) is 0 Å². The van der Waals surface area contributed by atoms with Crippen molar-refractivity contribution in [3.8, 4) is 0 Å². The van der Waals surface area contributed by atoms with E-state index in [1.165, 1.54) is 25.7 Å². The van der Waals surface area contributed by atoms with Crippen LogP contribution in [-0.4, -0.2) is 130 Å². The number of likely N-dealkylation sites (N-methyl/N-ethyl adjacent to an activating group) is 1. The summed E-state index contributed by atoms with van der Waals surface area (Å²) in [5.41, 5.74) is 0. The van der Waals surface area contributed by atoms with Crippen molar-refractivity contribution < 1.29 is 24.1 Å². The third-order valence-electron chi connectivity index (χ3n) is 11.2. The molecule has 0 spiro atoms. The normalized spacial score (nSPS) is 38.0. The Labute approximate surface area is 259 Å². The number of carbonyl (C=O) groups is 1. The van der Waals surface area contributed by atoms with Crippen LogP contribution in [0, 0.1) is 23.7 Å². The molecule has 11 heteroatoms. The van der Waals surface area contributed by atoms with E-state index in [0.717, 1.165) is 45.3 Å². The van der Waals surface area contributed by atoms with Crippen LogP contribution in [0.4, 0.5) is 0 Å². The number of piperidine rings is 2. The number of β-amino-alcohol motifs (C(OH)–C–C–N with tert-alkyl or cyclic N) is 1. The largest absolute Gasteiger partial charge is 0.390 e. The molecule has 5 aliphatic rings. The van der Waals surface area contributed by atoms with Crippen LogP contribution >= 0.6 is 0 Å². The third kappa shape index (κ3) is 9.10. The minimum absolute atomic E-state index is 0.0603. The lowest BCUT2D eigenvalue weighted by Gasteiger charge is -2.47. The van der Waals surface area contributed by atoms with E-state index in [4.69, 9.17) is 14.2 Å². The summed E-state index contributed by atoms with van der Waals surface area (Å²) in [6.45, 7) is 10.2. The van der Waals surface area contributed by atoms with Gasteiger partial charge in [0, 0.05) is 51.3 Å². The number of ether oxygens (including phenoxy) is 3. The standard InChI is InChI=1S/C32H60N6O5/c1-21-27-10-11-38(17-23(27)8-9-28(21)42-19-29-22(2)34-20-43-29)18-26(39)16-33-32(40)24-14-30(35-25-6-5-7-25)36-31(15-24)37(3)12-13-41-4/h21-31,34-36,39H,5-20H2,1-4H3,(H,33,40)/t21?,22?,23?,24?,26-,27?,28?,29?,30?,31?/m0/s1. The number of amides is 1. The van der Waals surface area contributed by atoms with Crippen molar-refractivity contribution in [3.05, 3.63) is 0 Å². The van der Waals surface area contributed by atoms with E-state index in [0.29, 0.717) is 69.0 Å². The van der Waals surface area contributed by atoms with Gasteiger partial charge in [-0.1, -0.05) is 13.3 Å². The molecular formula is C32H60N6O5. The molecule has 0 aromatic heterocycles. The highest BCUT2D eigenvalue weighted by Crippen LogP contribution is 2.41. The van der Waals surface area contributed by atoms with Gasteiger partial charge in [0.1, 0.15) is 0 Å². The number of fused-ring (bicyclic) bond motifs is 1. The topological polar surface area (TPSA) is 120 Å². The summed E-state index contributed by atoms with van der Waals surface area (Å²) in [7, 11) is 3.81. The highest BCUT2D eigenvalue weighted by molar-refractivity contribution is 5.78. The maximum absolute atomic E-state index is 13.3. The molecule has 10 atom stereocenters. The first-order valence-corrected chi connectivity index (χ1v) is 17.2. The van der Waals surface area contributed by atoms with E-state index < -0.39 is 6.10 Å². The van der Waals surface area contributed by atoms with Crippen molar-refractivity contribution in [3.63, 3.8) is 0 Å². The number of methoxy groups -OCH3 is 1. The molecule has 0 bridgehead atoms. The summed E-state index contributed by atoms with van der Waals surface area (Å²) in [6, 6.07) is 0.898. The molecule has 2 aliphatic carbocycles. The Bertz CT molecular complexity index is 866. The fraction of sp³-hybridized carbons (Fsp3) is 0.969. The molecule has 9 unspecified atom stereocenters. The lowest BCUT2D eigenvalue weighted by Crippen LogP contribution is -2.62. The van der Waals surface area contributed by atoms with E-state index in [2.05, 4.69) is 52.0 Å². The van der Waals surface area contributed by atoms with Gasteiger partial charge in [0.2, 0.25) is 5.91 Å². The summed E-state index contributed by atoms with van der Waals surface area (Å²) < 4.78 is 17.4. The Hall–Kier alpha value is -0.890. The fourth-order valence-corrected chi connectivity index (χ4v) is 8.05. The van der Waals surface area contributed by atoms with Crippen LogP contribution in [0.2, 0.25) is 0 Å². The van der Waals surface area contributed by atoms with E-state index >= 15 is 0 Å². The average molecular weight is 609 g/mol. The molecule has 248 valence electrons. The smallest absolute Gasteiger partial charge is 0.223 e. The van der Waals surface area contributed by atoms with E-state index in [-0.39, 0.29) is 30.3 Å². The van der Waals surface area contributed by atoms with Crippen LogP contribution in [0.5, 0.6) is 0 Å². The van der Waals surface area contributed by atoms with Gasteiger partial charge < -0.3 is 29.5 Å². The molecule has 5 N–H and O–H groups in total. The third-order valence-corrected chi connectivity index (χ3v) is 11.2. The van der Waals surface area contributed by atoms with Gasteiger partial charge in [0.25, 0.3) is 0 Å². The summed E-state index contributed by atoms with van der Waals surface area (Å²) >= 11 is 0. The maximum atomic E-state index is 13.3. The SMILES string of the molecule is COCCN(C)C1CC(C(=O)NC[C@H](O)CN2CCC3C(CCC(OCC4OCNC4C)C3C)C2)CC(NC2CCC2)N1. The van der Waals surface area contributed by atoms with Crippen molar-refractivity contribution in [2.45, 2.75) is 108 Å². The summed E-state index contributed by atoms with van der Waals surface area (Å²) in [5.74, 6) is 1.83. The summed E-state index contributed by atoms with van der Waals surface area (Å²) in [6.07, 6.45) is 8.78. The maximum Gasteiger partial charge on any atom is 0.223 e. The van der Waals surface area contributed by atoms with Gasteiger partial charge in [0.05, 0.1) is 50.6 Å². The predicted octanol–water partition coefficient (Wildman–Crippen LogP) is 0.923. The highest BCUT2D eigenvalue weighted by atomic mass is 16.6.